The predicted molar refractivity (Wildman–Crippen MR) is 121 cm³/mol. The molecule has 1 amide bonds. The van der Waals surface area contributed by atoms with Crippen molar-refractivity contribution in [3.8, 4) is 23.3 Å². The molecule has 2 heterocycles. The summed E-state index contributed by atoms with van der Waals surface area (Å²) in [5, 5.41) is 8.75. The third kappa shape index (κ3) is 4.31. The molecule has 0 saturated heterocycles. The summed E-state index contributed by atoms with van der Waals surface area (Å²) in [7, 11) is 1.67. The predicted octanol–water partition coefficient (Wildman–Crippen LogP) is 4.77. The van der Waals surface area contributed by atoms with Crippen molar-refractivity contribution < 1.29 is 28.2 Å². The molecule has 1 atom stereocenters. The molecule has 3 aromatic rings. The van der Waals surface area contributed by atoms with Crippen LogP contribution in [0.15, 0.2) is 36.4 Å². The lowest BCUT2D eigenvalue weighted by Gasteiger charge is -2.24. The molecule has 0 saturated carbocycles. The number of rotatable bonds is 6. The molecule has 0 radical (unpaired) electrons. The smallest absolute Gasteiger partial charge is 0.387 e. The van der Waals surface area contributed by atoms with Gasteiger partial charge in [-0.1, -0.05) is 24.8 Å². The zero-order valence-electron chi connectivity index (χ0n) is 18.7. The quantitative estimate of drug-likeness (QED) is 0.417. The average Bonchev–Trinajstić information content (AvgIpc) is 3.12. The number of hydrogen-bond donors (Lipinski definition) is 1. The highest BCUT2D eigenvalue weighted by Crippen LogP contribution is 2.40. The normalized spacial score (nSPS) is 14.9. The van der Waals surface area contributed by atoms with E-state index in [1.54, 1.807) is 40.8 Å². The fourth-order valence-corrected chi connectivity index (χ4v) is 4.20. The number of ether oxygens (including phenoxy) is 1. The van der Waals surface area contributed by atoms with E-state index in [2.05, 4.69) is 11.8 Å². The van der Waals surface area contributed by atoms with Gasteiger partial charge in [0.05, 0.1) is 22.6 Å². The zero-order chi connectivity index (χ0) is 24.4. The number of carboxylic acid groups (broad SMARTS) is 1. The van der Waals surface area contributed by atoms with Gasteiger partial charge in [0.25, 0.3) is 5.91 Å². The second kappa shape index (κ2) is 9.51. The largest absolute Gasteiger partial charge is 0.481 e. The number of benzene rings is 2. The fourth-order valence-electron chi connectivity index (χ4n) is 4.20. The van der Waals surface area contributed by atoms with E-state index in [1.807, 2.05) is 6.92 Å². The molecule has 0 spiro atoms. The first-order valence-corrected chi connectivity index (χ1v) is 10.9. The Morgan fingerprint density at radius 1 is 1.29 bits per heavy atom. The first kappa shape index (κ1) is 23.2. The second-order valence-electron chi connectivity index (χ2n) is 7.93. The highest BCUT2D eigenvalue weighted by Gasteiger charge is 2.35. The summed E-state index contributed by atoms with van der Waals surface area (Å²) in [6.07, 6.45) is 1.50. The topological polar surface area (TPSA) is 84.7 Å². The molecule has 1 aliphatic heterocycles. The van der Waals surface area contributed by atoms with E-state index in [4.69, 9.17) is 14.8 Å². The Hall–Kier alpha value is -3.93. The van der Waals surface area contributed by atoms with Crippen LogP contribution in [0.3, 0.4) is 0 Å². The summed E-state index contributed by atoms with van der Waals surface area (Å²) in [4.78, 5) is 30.2. The van der Waals surface area contributed by atoms with Crippen molar-refractivity contribution in [3.63, 3.8) is 0 Å². The Balaban J connectivity index is 1.90. The third-order valence-corrected chi connectivity index (χ3v) is 5.75. The van der Waals surface area contributed by atoms with Gasteiger partial charge in [-0.25, -0.2) is 4.98 Å². The van der Waals surface area contributed by atoms with Gasteiger partial charge in [-0.2, -0.15) is 8.78 Å². The Kier molecular flexibility index (Phi) is 6.50. The molecule has 2 aromatic carbocycles. The minimum absolute atomic E-state index is 0.0491. The Bertz CT molecular complexity index is 1320. The molecule has 34 heavy (non-hydrogen) atoms. The first-order valence-electron chi connectivity index (χ1n) is 10.9. The van der Waals surface area contributed by atoms with Crippen molar-refractivity contribution in [1.29, 1.82) is 0 Å². The van der Waals surface area contributed by atoms with Crippen LogP contribution < -0.4 is 4.74 Å². The molecule has 0 fully saturated rings. The number of amides is 1. The maximum Gasteiger partial charge on any atom is 0.387 e. The molecule has 0 aliphatic carbocycles. The first-order chi connectivity index (χ1) is 16.3. The summed E-state index contributed by atoms with van der Waals surface area (Å²) < 4.78 is 33.0. The zero-order valence-corrected chi connectivity index (χ0v) is 18.7. The minimum Gasteiger partial charge on any atom is -0.481 e. The average molecular weight is 467 g/mol. The van der Waals surface area contributed by atoms with E-state index >= 15 is 0 Å². The molecule has 1 unspecified atom stereocenters. The lowest BCUT2D eigenvalue weighted by molar-refractivity contribution is -0.137. The second-order valence-corrected chi connectivity index (χ2v) is 7.93. The lowest BCUT2D eigenvalue weighted by Crippen LogP contribution is -2.30. The van der Waals surface area contributed by atoms with Crippen molar-refractivity contribution >= 4 is 22.9 Å². The van der Waals surface area contributed by atoms with Crippen molar-refractivity contribution in [2.75, 3.05) is 7.05 Å². The molecule has 176 valence electrons. The Morgan fingerprint density at radius 3 is 2.79 bits per heavy atom. The number of aromatic nitrogens is 2. The van der Waals surface area contributed by atoms with Crippen LogP contribution in [-0.2, 0) is 4.79 Å². The SMILES string of the molecule is CCC1c2nc3ccc(C#CCCCC(=O)O)cc3n2-c2c(OC(F)F)cccc2C(=O)N1C. The number of aliphatic carboxylic acids is 1. The molecule has 9 heteroatoms. The van der Waals surface area contributed by atoms with E-state index in [9.17, 15) is 18.4 Å². The molecule has 4 rings (SSSR count). The van der Waals surface area contributed by atoms with Crippen LogP contribution in [0.2, 0.25) is 0 Å². The summed E-state index contributed by atoms with van der Waals surface area (Å²) in [6, 6.07) is 9.53. The van der Waals surface area contributed by atoms with Gasteiger partial charge in [-0.15, -0.1) is 0 Å². The highest BCUT2D eigenvalue weighted by molar-refractivity contribution is 6.00. The number of carboxylic acids is 1. The van der Waals surface area contributed by atoms with Crippen molar-refractivity contribution in [2.24, 2.45) is 0 Å². The van der Waals surface area contributed by atoms with E-state index in [1.165, 1.54) is 12.1 Å². The number of unbranched alkanes of at least 4 members (excludes halogenated alkanes) is 1. The van der Waals surface area contributed by atoms with Crippen molar-refractivity contribution in [2.45, 2.75) is 45.3 Å². The van der Waals surface area contributed by atoms with Gasteiger partial charge < -0.3 is 14.7 Å². The number of imidazole rings is 1. The van der Waals surface area contributed by atoms with Crippen molar-refractivity contribution in [1.82, 2.24) is 14.5 Å². The number of halogens is 2. The van der Waals surface area contributed by atoms with Gasteiger partial charge >= 0.3 is 12.6 Å². The number of alkyl halides is 2. The standard InChI is InChI=1S/C25H23F2N3O4/c1-3-18-23-28-17-13-12-15(8-5-4-6-11-21(31)32)14-19(17)30(23)22-16(24(33)29(18)2)9-7-10-20(22)34-25(26)27/h7,9-10,12-14,18,25H,3-4,6,11H2,1-2H3,(H,31,32). The van der Waals surface area contributed by atoms with Crippen LogP contribution in [0.5, 0.6) is 5.75 Å². The summed E-state index contributed by atoms with van der Waals surface area (Å²) >= 11 is 0. The Labute approximate surface area is 195 Å². The Morgan fingerprint density at radius 2 is 2.09 bits per heavy atom. The number of fused-ring (bicyclic) bond motifs is 5. The lowest BCUT2D eigenvalue weighted by atomic mass is 10.1. The van der Waals surface area contributed by atoms with Crippen LogP contribution in [0.25, 0.3) is 16.7 Å². The van der Waals surface area contributed by atoms with Gasteiger partial charge in [-0.3, -0.25) is 14.2 Å². The number of hydrogen-bond acceptors (Lipinski definition) is 4. The van der Waals surface area contributed by atoms with Gasteiger partial charge in [0.15, 0.2) is 5.75 Å². The molecule has 7 nitrogen and oxygen atoms in total. The third-order valence-electron chi connectivity index (χ3n) is 5.75. The summed E-state index contributed by atoms with van der Waals surface area (Å²) in [5.41, 5.74) is 2.36. The molecular weight excluding hydrogens is 444 g/mol. The van der Waals surface area contributed by atoms with E-state index in [-0.39, 0.29) is 35.4 Å². The van der Waals surface area contributed by atoms with E-state index in [0.717, 1.165) is 0 Å². The molecule has 1 aliphatic rings. The van der Waals surface area contributed by atoms with Crippen LogP contribution in [-0.4, -0.2) is 45.1 Å². The van der Waals surface area contributed by atoms with E-state index in [0.29, 0.717) is 41.7 Å². The molecule has 1 N–H and O–H groups in total. The molecular formula is C25H23F2N3O4. The maximum absolute atomic E-state index is 13.2. The fraction of sp³-hybridized carbons (Fsp3) is 0.320. The van der Waals surface area contributed by atoms with Gasteiger partial charge in [-0.05, 0) is 43.2 Å². The van der Waals surface area contributed by atoms with E-state index < -0.39 is 12.6 Å². The minimum atomic E-state index is -3.06. The van der Waals surface area contributed by atoms with Gasteiger partial charge in [0, 0.05) is 25.5 Å². The number of para-hydroxylation sites is 1. The van der Waals surface area contributed by atoms with Gasteiger partial charge in [0.1, 0.15) is 11.5 Å². The van der Waals surface area contributed by atoms with Crippen molar-refractivity contribution in [3.05, 3.63) is 53.3 Å². The summed E-state index contributed by atoms with van der Waals surface area (Å²) in [5.74, 6) is 5.25. The van der Waals surface area contributed by atoms with Crippen LogP contribution >= 0.6 is 0 Å². The van der Waals surface area contributed by atoms with Crippen LogP contribution in [0.1, 0.15) is 60.4 Å². The molecule has 1 aromatic heterocycles. The monoisotopic (exact) mass is 467 g/mol. The number of nitrogens with zero attached hydrogens (tertiary/aromatic N) is 3. The van der Waals surface area contributed by atoms with Crippen LogP contribution in [0.4, 0.5) is 8.78 Å². The number of carbonyl (C=O) groups is 2. The summed E-state index contributed by atoms with van der Waals surface area (Å²) in [6.45, 7) is -1.13. The maximum atomic E-state index is 13.2. The van der Waals surface area contributed by atoms with Gasteiger partial charge in [0.2, 0.25) is 0 Å². The molecule has 0 bridgehead atoms. The van der Waals surface area contributed by atoms with Crippen LogP contribution in [0, 0.1) is 11.8 Å². The highest BCUT2D eigenvalue weighted by atomic mass is 19.3. The number of carbonyl (C=O) groups excluding carboxylic acids is 1.